The number of hydrogen-bond donors (Lipinski definition) is 1. The Hall–Kier alpha value is -2.74. The van der Waals surface area contributed by atoms with E-state index in [4.69, 9.17) is 4.74 Å². The molecule has 130 valence electrons. The normalized spacial score (nSPS) is 16.3. The molecule has 3 aromatic rings. The highest BCUT2D eigenvalue weighted by atomic mass is 19.3. The summed E-state index contributed by atoms with van der Waals surface area (Å²) in [5.41, 5.74) is 1.87. The molecule has 25 heavy (non-hydrogen) atoms. The molecule has 0 saturated carbocycles. The zero-order chi connectivity index (χ0) is 17.6. The highest BCUT2D eigenvalue weighted by molar-refractivity contribution is 5.74. The van der Waals surface area contributed by atoms with Crippen LogP contribution in [0.2, 0.25) is 0 Å². The molecule has 5 nitrogen and oxygen atoms in total. The van der Waals surface area contributed by atoms with Crippen molar-refractivity contribution in [3.63, 3.8) is 0 Å². The highest BCUT2D eigenvalue weighted by Gasteiger charge is 2.43. The van der Waals surface area contributed by atoms with E-state index in [-0.39, 0.29) is 23.9 Å². The molecule has 0 radical (unpaired) electrons. The maximum Gasteiger partial charge on any atom is 0.586 e. The van der Waals surface area contributed by atoms with Crippen molar-refractivity contribution in [2.75, 3.05) is 0 Å². The number of nitrogens with one attached hydrogen (secondary N) is 1. The van der Waals surface area contributed by atoms with Crippen LogP contribution in [-0.4, -0.2) is 16.3 Å². The van der Waals surface area contributed by atoms with Gasteiger partial charge in [-0.3, -0.25) is 0 Å². The number of hydrogen-bond acceptors (Lipinski definition) is 4. The van der Waals surface area contributed by atoms with Crippen molar-refractivity contribution >= 4 is 11.0 Å². The smallest absolute Gasteiger partial charge is 0.395 e. The molecule has 0 saturated heterocycles. The number of imidazole rings is 1. The number of aromatic nitrogens is 2. The van der Waals surface area contributed by atoms with Crippen molar-refractivity contribution in [2.45, 2.75) is 25.9 Å². The summed E-state index contributed by atoms with van der Waals surface area (Å²) in [7, 11) is 0. The van der Waals surface area contributed by atoms with E-state index in [9.17, 15) is 13.2 Å². The standard InChI is InChI=1S/C17H13F3N2O3/c1-9(10-2-5-14-15(6-10)25-17(19,20)24-14)23-8-16-21-12-4-3-11(18)7-13(12)22-16/h2-7,9H,8H2,1H3,(H,21,22). The third kappa shape index (κ3) is 3.12. The van der Waals surface area contributed by atoms with Gasteiger partial charge in [0.1, 0.15) is 18.2 Å². The molecule has 1 N–H and O–H groups in total. The van der Waals surface area contributed by atoms with Crippen LogP contribution in [0.3, 0.4) is 0 Å². The van der Waals surface area contributed by atoms with E-state index < -0.39 is 12.4 Å². The molecule has 0 amide bonds. The third-order valence-corrected chi connectivity index (χ3v) is 3.86. The van der Waals surface area contributed by atoms with E-state index in [0.717, 1.165) is 0 Å². The minimum Gasteiger partial charge on any atom is -0.395 e. The fourth-order valence-electron chi connectivity index (χ4n) is 2.62. The van der Waals surface area contributed by atoms with E-state index >= 15 is 0 Å². The average molecular weight is 350 g/mol. The van der Waals surface area contributed by atoms with Crippen molar-refractivity contribution in [3.8, 4) is 11.5 Å². The summed E-state index contributed by atoms with van der Waals surface area (Å²) >= 11 is 0. The average Bonchev–Trinajstić information content (AvgIpc) is 3.09. The molecule has 0 fully saturated rings. The topological polar surface area (TPSA) is 56.4 Å². The summed E-state index contributed by atoms with van der Waals surface area (Å²) in [5, 5.41) is 0. The Morgan fingerprint density at radius 2 is 1.96 bits per heavy atom. The van der Waals surface area contributed by atoms with Gasteiger partial charge in [-0.15, -0.1) is 8.78 Å². The lowest BCUT2D eigenvalue weighted by molar-refractivity contribution is -0.286. The monoisotopic (exact) mass is 350 g/mol. The lowest BCUT2D eigenvalue weighted by Gasteiger charge is -2.12. The summed E-state index contributed by atoms with van der Waals surface area (Å²) in [5.74, 6) is 0.133. The Morgan fingerprint density at radius 1 is 1.16 bits per heavy atom. The minimum absolute atomic E-state index is 0.0136. The second-order valence-electron chi connectivity index (χ2n) is 5.67. The molecule has 1 aliphatic rings. The zero-order valence-electron chi connectivity index (χ0n) is 13.1. The van der Waals surface area contributed by atoms with Crippen LogP contribution in [0.4, 0.5) is 13.2 Å². The zero-order valence-corrected chi connectivity index (χ0v) is 13.1. The summed E-state index contributed by atoms with van der Waals surface area (Å²) in [6.07, 6.45) is -4.04. The molecule has 2 aromatic carbocycles. The van der Waals surface area contributed by atoms with Crippen LogP contribution >= 0.6 is 0 Å². The van der Waals surface area contributed by atoms with Gasteiger partial charge < -0.3 is 19.2 Å². The fraction of sp³-hybridized carbons (Fsp3) is 0.235. The molecule has 0 spiro atoms. The van der Waals surface area contributed by atoms with Crippen LogP contribution in [0.25, 0.3) is 11.0 Å². The molecule has 0 bridgehead atoms. The fourth-order valence-corrected chi connectivity index (χ4v) is 2.62. The number of fused-ring (bicyclic) bond motifs is 2. The largest absolute Gasteiger partial charge is 0.586 e. The Kier molecular flexibility index (Phi) is 3.57. The quantitative estimate of drug-likeness (QED) is 0.762. The van der Waals surface area contributed by atoms with Gasteiger partial charge in [0.15, 0.2) is 11.5 Å². The van der Waals surface area contributed by atoms with Gasteiger partial charge >= 0.3 is 6.29 Å². The van der Waals surface area contributed by atoms with Gasteiger partial charge in [0.2, 0.25) is 0 Å². The first-order chi connectivity index (χ1) is 11.9. The first-order valence-corrected chi connectivity index (χ1v) is 7.55. The highest BCUT2D eigenvalue weighted by Crippen LogP contribution is 2.42. The lowest BCUT2D eigenvalue weighted by Crippen LogP contribution is -2.25. The van der Waals surface area contributed by atoms with Crippen molar-refractivity contribution in [1.29, 1.82) is 0 Å². The molecule has 8 heteroatoms. The molecule has 4 rings (SSSR count). The van der Waals surface area contributed by atoms with E-state index in [2.05, 4.69) is 19.4 Å². The number of benzene rings is 2. The molecule has 1 aliphatic heterocycles. The van der Waals surface area contributed by atoms with Crippen LogP contribution < -0.4 is 9.47 Å². The van der Waals surface area contributed by atoms with Crippen LogP contribution in [0, 0.1) is 5.82 Å². The Balaban J connectivity index is 1.46. The Morgan fingerprint density at radius 3 is 2.80 bits per heavy atom. The SMILES string of the molecule is CC(OCc1nc2cc(F)ccc2[nH]1)c1ccc2c(c1)OC(F)(F)O2. The second kappa shape index (κ2) is 5.66. The van der Waals surface area contributed by atoms with E-state index in [0.29, 0.717) is 22.4 Å². The van der Waals surface area contributed by atoms with E-state index in [1.54, 1.807) is 19.1 Å². The van der Waals surface area contributed by atoms with Crippen LogP contribution in [0.1, 0.15) is 24.4 Å². The number of H-pyrrole nitrogens is 1. The predicted octanol–water partition coefficient (Wildman–Crippen LogP) is 4.30. The van der Waals surface area contributed by atoms with Gasteiger partial charge in [-0.25, -0.2) is 9.37 Å². The maximum atomic E-state index is 13.2. The number of rotatable bonds is 4. The predicted molar refractivity (Wildman–Crippen MR) is 81.9 cm³/mol. The van der Waals surface area contributed by atoms with Crippen LogP contribution in [0.15, 0.2) is 36.4 Å². The minimum atomic E-state index is -3.64. The first-order valence-electron chi connectivity index (χ1n) is 7.55. The Labute approximate surface area is 140 Å². The van der Waals surface area contributed by atoms with E-state index in [1.807, 2.05) is 0 Å². The summed E-state index contributed by atoms with van der Waals surface area (Å²) in [6.45, 7) is 1.93. The Bertz CT molecular complexity index is 942. The summed E-state index contributed by atoms with van der Waals surface area (Å²) < 4.78 is 53.8. The van der Waals surface area contributed by atoms with Crippen LogP contribution in [0.5, 0.6) is 11.5 Å². The van der Waals surface area contributed by atoms with Gasteiger partial charge in [-0.2, -0.15) is 0 Å². The third-order valence-electron chi connectivity index (χ3n) is 3.86. The molecule has 1 aromatic heterocycles. The summed E-state index contributed by atoms with van der Waals surface area (Å²) in [6, 6.07) is 8.77. The van der Waals surface area contributed by atoms with Crippen LogP contribution in [-0.2, 0) is 11.3 Å². The molecule has 2 heterocycles. The molecule has 1 atom stereocenters. The molecular formula is C17H13F3N2O3. The molecule has 1 unspecified atom stereocenters. The number of alkyl halides is 2. The van der Waals surface area contributed by atoms with Gasteiger partial charge in [0, 0.05) is 6.07 Å². The van der Waals surface area contributed by atoms with Gasteiger partial charge in [-0.1, -0.05) is 6.07 Å². The van der Waals surface area contributed by atoms with Crippen molar-refractivity contribution < 1.29 is 27.4 Å². The second-order valence-corrected chi connectivity index (χ2v) is 5.67. The number of aromatic amines is 1. The molecule has 0 aliphatic carbocycles. The van der Waals surface area contributed by atoms with Gasteiger partial charge in [0.05, 0.1) is 17.1 Å². The van der Waals surface area contributed by atoms with E-state index in [1.165, 1.54) is 24.3 Å². The number of halogens is 3. The maximum absolute atomic E-state index is 13.2. The lowest BCUT2D eigenvalue weighted by atomic mass is 10.1. The number of nitrogens with zero attached hydrogens (tertiary/aromatic N) is 1. The number of ether oxygens (including phenoxy) is 3. The van der Waals surface area contributed by atoms with Gasteiger partial charge in [0.25, 0.3) is 0 Å². The van der Waals surface area contributed by atoms with Crippen molar-refractivity contribution in [2.24, 2.45) is 0 Å². The first kappa shape index (κ1) is 15.8. The van der Waals surface area contributed by atoms with Crippen molar-refractivity contribution in [3.05, 3.63) is 53.6 Å². The van der Waals surface area contributed by atoms with Gasteiger partial charge in [-0.05, 0) is 36.8 Å². The molecular weight excluding hydrogens is 337 g/mol. The summed E-state index contributed by atoms with van der Waals surface area (Å²) in [4.78, 5) is 7.29. The van der Waals surface area contributed by atoms with Crippen molar-refractivity contribution in [1.82, 2.24) is 9.97 Å².